The fourth-order valence-electron chi connectivity index (χ4n) is 5.21. The third kappa shape index (κ3) is 4.35. The molecule has 3 heterocycles. The summed E-state index contributed by atoms with van der Waals surface area (Å²) in [5.41, 5.74) is 3.03. The summed E-state index contributed by atoms with van der Waals surface area (Å²) < 4.78 is 29.4. The lowest BCUT2D eigenvalue weighted by Gasteiger charge is -2.33. The number of benzene rings is 1. The molecule has 182 valence electrons. The summed E-state index contributed by atoms with van der Waals surface area (Å²) in [5, 5.41) is 6.96. The summed E-state index contributed by atoms with van der Waals surface area (Å²) in [4.78, 5) is 27.0. The maximum Gasteiger partial charge on any atom is 0.340 e. The van der Waals surface area contributed by atoms with Gasteiger partial charge in [-0.05, 0) is 48.6 Å². The molecule has 2 N–H and O–H groups in total. The van der Waals surface area contributed by atoms with Gasteiger partial charge in [0.15, 0.2) is 9.84 Å². The van der Waals surface area contributed by atoms with Crippen molar-refractivity contribution in [1.29, 1.82) is 0 Å². The zero-order valence-electron chi connectivity index (χ0n) is 19.6. The maximum atomic E-state index is 13.5. The first kappa shape index (κ1) is 23.4. The molecule has 1 aromatic heterocycles. The Morgan fingerprint density at radius 3 is 2.65 bits per heavy atom. The SMILES string of the molecule is CC(C)(C)C1CCc2c(sc(NC3OC(=O)c4ccccc43)c2C(=O)NC2CCS(=O)(=O)C2)C1. The number of anilines is 1. The number of fused-ring (bicyclic) bond motifs is 2. The Labute approximate surface area is 204 Å². The van der Waals surface area contributed by atoms with Crippen molar-refractivity contribution in [3.63, 3.8) is 0 Å². The number of sulfone groups is 1. The van der Waals surface area contributed by atoms with Crippen LogP contribution in [0.4, 0.5) is 5.00 Å². The van der Waals surface area contributed by atoms with Crippen LogP contribution in [0.15, 0.2) is 24.3 Å². The lowest BCUT2D eigenvalue weighted by atomic mass is 9.72. The first-order valence-electron chi connectivity index (χ1n) is 11.7. The Bertz CT molecular complexity index is 1260. The van der Waals surface area contributed by atoms with Crippen molar-refractivity contribution < 1.29 is 22.7 Å². The molecular weight excluding hydrogens is 472 g/mol. The zero-order chi connectivity index (χ0) is 24.3. The van der Waals surface area contributed by atoms with Gasteiger partial charge in [0.1, 0.15) is 5.00 Å². The highest BCUT2D eigenvalue weighted by atomic mass is 32.2. The fraction of sp³-hybridized carbons (Fsp3) is 0.520. The summed E-state index contributed by atoms with van der Waals surface area (Å²) >= 11 is 1.55. The highest BCUT2D eigenvalue weighted by molar-refractivity contribution is 7.91. The molecule has 34 heavy (non-hydrogen) atoms. The molecule has 3 unspecified atom stereocenters. The van der Waals surface area contributed by atoms with Gasteiger partial charge in [-0.2, -0.15) is 0 Å². The van der Waals surface area contributed by atoms with Crippen molar-refractivity contribution in [1.82, 2.24) is 5.32 Å². The van der Waals surface area contributed by atoms with E-state index in [9.17, 15) is 18.0 Å². The molecule has 1 saturated heterocycles. The molecule has 9 heteroatoms. The van der Waals surface area contributed by atoms with Crippen molar-refractivity contribution in [3.05, 3.63) is 51.4 Å². The summed E-state index contributed by atoms with van der Waals surface area (Å²) in [6.07, 6.45) is 2.45. The van der Waals surface area contributed by atoms with E-state index in [1.807, 2.05) is 12.1 Å². The Balaban J connectivity index is 1.47. The summed E-state index contributed by atoms with van der Waals surface area (Å²) in [6.45, 7) is 6.75. The molecule has 0 spiro atoms. The Hall–Kier alpha value is -2.39. The molecule has 0 bridgehead atoms. The molecule has 7 nitrogen and oxygen atoms in total. The average molecular weight is 503 g/mol. The first-order chi connectivity index (χ1) is 16.0. The van der Waals surface area contributed by atoms with Crippen molar-refractivity contribution in [3.8, 4) is 0 Å². The highest BCUT2D eigenvalue weighted by Crippen LogP contribution is 2.45. The number of nitrogens with one attached hydrogen (secondary N) is 2. The van der Waals surface area contributed by atoms with Gasteiger partial charge in [0.25, 0.3) is 5.91 Å². The molecule has 3 aliphatic rings. The van der Waals surface area contributed by atoms with Crippen LogP contribution in [0.2, 0.25) is 0 Å². The normalized spacial score (nSPS) is 25.4. The molecule has 1 fully saturated rings. The molecule has 2 aromatic rings. The van der Waals surface area contributed by atoms with Gasteiger partial charge in [-0.1, -0.05) is 39.0 Å². The summed E-state index contributed by atoms with van der Waals surface area (Å²) in [7, 11) is -3.10. The van der Waals surface area contributed by atoms with E-state index in [-0.39, 0.29) is 34.8 Å². The predicted octanol–water partition coefficient (Wildman–Crippen LogP) is 4.10. The number of hydrogen-bond acceptors (Lipinski definition) is 7. The fourth-order valence-corrected chi connectivity index (χ4v) is 8.22. The van der Waals surface area contributed by atoms with Gasteiger partial charge in [0, 0.05) is 16.5 Å². The number of carbonyl (C=O) groups excluding carboxylic acids is 2. The molecule has 0 saturated carbocycles. The monoisotopic (exact) mass is 502 g/mol. The topological polar surface area (TPSA) is 102 Å². The quantitative estimate of drug-likeness (QED) is 0.611. The minimum atomic E-state index is -3.10. The van der Waals surface area contributed by atoms with Crippen LogP contribution in [-0.4, -0.2) is 37.8 Å². The lowest BCUT2D eigenvalue weighted by molar-refractivity contribution is 0.0437. The van der Waals surface area contributed by atoms with E-state index in [0.29, 0.717) is 28.5 Å². The second-order valence-electron chi connectivity index (χ2n) is 10.6. The Kier molecular flexibility index (Phi) is 5.75. The average Bonchev–Trinajstić information content (AvgIpc) is 3.40. The molecule has 5 rings (SSSR count). The second-order valence-corrected chi connectivity index (χ2v) is 13.9. The van der Waals surface area contributed by atoms with Crippen LogP contribution >= 0.6 is 11.3 Å². The number of esters is 1. The van der Waals surface area contributed by atoms with Crippen LogP contribution in [-0.2, 0) is 27.4 Å². The zero-order valence-corrected chi connectivity index (χ0v) is 21.3. The third-order valence-corrected chi connectivity index (χ3v) is 10.2. The molecule has 1 aliphatic carbocycles. The highest BCUT2D eigenvalue weighted by Gasteiger charge is 2.37. The van der Waals surface area contributed by atoms with Gasteiger partial charge in [0.05, 0.1) is 22.6 Å². The minimum Gasteiger partial charge on any atom is -0.434 e. The molecule has 0 radical (unpaired) electrons. The number of ether oxygens (including phenoxy) is 1. The number of rotatable bonds is 4. The standard InChI is InChI=1S/C25H30N2O5S2/c1-25(2,3)14-8-9-18-19(12-14)33-23(20(18)21(28)26-15-10-11-34(30,31)13-15)27-22-16-6-4-5-7-17(16)24(29)32-22/h4-7,14-15,22,27H,8-13H2,1-3H3,(H,26,28). The van der Waals surface area contributed by atoms with Crippen LogP contribution in [0.25, 0.3) is 0 Å². The van der Waals surface area contributed by atoms with Crippen LogP contribution < -0.4 is 10.6 Å². The number of thiophene rings is 1. The number of carbonyl (C=O) groups is 2. The van der Waals surface area contributed by atoms with Gasteiger partial charge in [-0.15, -0.1) is 11.3 Å². The molecule has 2 aliphatic heterocycles. The lowest BCUT2D eigenvalue weighted by Crippen LogP contribution is -2.36. The Morgan fingerprint density at radius 2 is 1.94 bits per heavy atom. The van der Waals surface area contributed by atoms with Gasteiger partial charge in [-0.3, -0.25) is 4.79 Å². The van der Waals surface area contributed by atoms with Gasteiger partial charge >= 0.3 is 5.97 Å². The van der Waals surface area contributed by atoms with Crippen molar-refractivity contribution in [2.24, 2.45) is 11.3 Å². The van der Waals surface area contributed by atoms with Crippen LogP contribution in [0.5, 0.6) is 0 Å². The Morgan fingerprint density at radius 1 is 1.18 bits per heavy atom. The van der Waals surface area contributed by atoms with E-state index < -0.39 is 16.1 Å². The van der Waals surface area contributed by atoms with E-state index in [4.69, 9.17) is 4.74 Å². The second kappa shape index (κ2) is 8.37. The van der Waals surface area contributed by atoms with E-state index in [1.54, 1.807) is 23.5 Å². The van der Waals surface area contributed by atoms with Crippen molar-refractivity contribution >= 4 is 38.1 Å². The third-order valence-electron chi connectivity index (χ3n) is 7.23. The van der Waals surface area contributed by atoms with E-state index in [0.717, 1.165) is 30.4 Å². The van der Waals surface area contributed by atoms with E-state index in [1.165, 1.54) is 4.88 Å². The first-order valence-corrected chi connectivity index (χ1v) is 14.4. The molecule has 1 amide bonds. The van der Waals surface area contributed by atoms with Gasteiger partial charge in [-0.25, -0.2) is 13.2 Å². The van der Waals surface area contributed by atoms with Crippen LogP contribution in [0, 0.1) is 11.3 Å². The summed E-state index contributed by atoms with van der Waals surface area (Å²) in [5.74, 6) is -0.0499. The smallest absolute Gasteiger partial charge is 0.340 e. The maximum absolute atomic E-state index is 13.5. The number of hydrogen-bond donors (Lipinski definition) is 2. The largest absolute Gasteiger partial charge is 0.434 e. The van der Waals surface area contributed by atoms with Crippen molar-refractivity contribution in [2.45, 2.75) is 58.7 Å². The molecule has 1 aromatic carbocycles. The van der Waals surface area contributed by atoms with Gasteiger partial charge in [0.2, 0.25) is 6.23 Å². The minimum absolute atomic E-state index is 0.0203. The van der Waals surface area contributed by atoms with E-state index in [2.05, 4.69) is 31.4 Å². The van der Waals surface area contributed by atoms with Crippen LogP contribution in [0.1, 0.15) is 76.6 Å². The summed E-state index contributed by atoms with van der Waals surface area (Å²) in [6, 6.07) is 6.87. The van der Waals surface area contributed by atoms with Crippen LogP contribution in [0.3, 0.4) is 0 Å². The van der Waals surface area contributed by atoms with E-state index >= 15 is 0 Å². The van der Waals surface area contributed by atoms with Gasteiger partial charge < -0.3 is 15.4 Å². The van der Waals surface area contributed by atoms with Crippen molar-refractivity contribution in [2.75, 3.05) is 16.8 Å². The number of amides is 1. The predicted molar refractivity (Wildman–Crippen MR) is 132 cm³/mol. The molecular formula is C25H30N2O5S2. The molecule has 3 atom stereocenters. The number of cyclic esters (lactones) is 1.